The summed E-state index contributed by atoms with van der Waals surface area (Å²) in [6.07, 6.45) is 2.42. The van der Waals surface area contributed by atoms with E-state index in [1.165, 1.54) is 15.6 Å². The third-order valence-corrected chi connectivity index (χ3v) is 9.52. The maximum absolute atomic E-state index is 12.8. The molecule has 210 valence electrons. The average molecular weight is 589 g/mol. The molecule has 12 heteroatoms. The number of sulfonamides is 1. The summed E-state index contributed by atoms with van der Waals surface area (Å²) < 4.78 is 31.9. The first-order valence-corrected chi connectivity index (χ1v) is 15.6. The molecule has 3 aromatic carbocycles. The molecule has 1 fully saturated rings. The van der Waals surface area contributed by atoms with Gasteiger partial charge in [-0.15, -0.1) is 11.3 Å². The van der Waals surface area contributed by atoms with Crippen LogP contribution in [0.15, 0.2) is 79.0 Å². The Morgan fingerprint density at radius 2 is 1.88 bits per heavy atom. The Kier molecular flexibility index (Phi) is 7.57. The molecular formula is C29H28N6O4S2. The number of aromatic amines is 1. The van der Waals surface area contributed by atoms with Crippen LogP contribution in [0.2, 0.25) is 0 Å². The first-order chi connectivity index (χ1) is 19.9. The minimum atomic E-state index is -3.30. The van der Waals surface area contributed by atoms with Crippen molar-refractivity contribution in [3.05, 3.63) is 95.0 Å². The minimum absolute atomic E-state index is 0.140. The standard InChI is InChI=1S/C29H28N6O4S2/c36-27(32-28-25-15-22(9-12-26(25)33-34-28)35-13-4-14-41(35,37)38)16-24-18-31-29(40-24)30-17-20-7-10-23(11-8-20)39-19-21-5-2-1-3-6-21/h1-3,5-12,15,18H,4,13-14,16-17,19H2,(H,30,31)(H2,32,33,34,36). The van der Waals surface area contributed by atoms with Gasteiger partial charge in [-0.1, -0.05) is 42.5 Å². The molecular weight excluding hydrogens is 560 g/mol. The monoisotopic (exact) mass is 588 g/mol. The zero-order chi connectivity index (χ0) is 28.2. The first kappa shape index (κ1) is 26.8. The normalized spacial score (nSPS) is 14.3. The molecule has 0 saturated carbocycles. The summed E-state index contributed by atoms with van der Waals surface area (Å²) in [6.45, 7) is 1.56. The van der Waals surface area contributed by atoms with Gasteiger partial charge in [0.25, 0.3) is 0 Å². The Hall–Kier alpha value is -4.42. The molecule has 2 aromatic heterocycles. The molecule has 3 N–H and O–H groups in total. The maximum atomic E-state index is 12.8. The lowest BCUT2D eigenvalue weighted by atomic mass is 10.2. The Morgan fingerprint density at radius 3 is 2.66 bits per heavy atom. The average Bonchev–Trinajstić information content (AvgIpc) is 3.70. The highest BCUT2D eigenvalue weighted by Crippen LogP contribution is 2.30. The topological polar surface area (TPSA) is 129 Å². The molecule has 0 atom stereocenters. The van der Waals surface area contributed by atoms with Crippen molar-refractivity contribution < 1.29 is 17.9 Å². The van der Waals surface area contributed by atoms with Gasteiger partial charge in [0.15, 0.2) is 10.9 Å². The Labute approximate surface area is 241 Å². The fourth-order valence-electron chi connectivity index (χ4n) is 4.61. The molecule has 1 aliphatic rings. The second-order valence-corrected chi connectivity index (χ2v) is 12.8. The fraction of sp³-hybridized carbons (Fsp3) is 0.207. The van der Waals surface area contributed by atoms with Gasteiger partial charge in [-0.25, -0.2) is 13.4 Å². The van der Waals surface area contributed by atoms with Crippen LogP contribution >= 0.6 is 11.3 Å². The van der Waals surface area contributed by atoms with Gasteiger partial charge < -0.3 is 15.4 Å². The molecule has 1 amide bonds. The van der Waals surface area contributed by atoms with Crippen molar-refractivity contribution in [2.24, 2.45) is 0 Å². The zero-order valence-corrected chi connectivity index (χ0v) is 23.7. The molecule has 10 nitrogen and oxygen atoms in total. The van der Waals surface area contributed by atoms with Gasteiger partial charge in [-0.05, 0) is 47.9 Å². The number of benzene rings is 3. The maximum Gasteiger partial charge on any atom is 0.235 e. The molecule has 0 unspecified atom stereocenters. The smallest absolute Gasteiger partial charge is 0.235 e. The molecule has 5 aromatic rings. The number of carbonyl (C=O) groups excluding carboxylic acids is 1. The molecule has 0 spiro atoms. The largest absolute Gasteiger partial charge is 0.489 e. The predicted octanol–water partition coefficient (Wildman–Crippen LogP) is 4.93. The summed E-state index contributed by atoms with van der Waals surface area (Å²) in [6, 6.07) is 23.2. The molecule has 1 aliphatic heterocycles. The van der Waals surface area contributed by atoms with Crippen molar-refractivity contribution in [1.82, 2.24) is 15.2 Å². The van der Waals surface area contributed by atoms with Gasteiger partial charge in [0.05, 0.1) is 23.4 Å². The van der Waals surface area contributed by atoms with E-state index in [4.69, 9.17) is 4.74 Å². The van der Waals surface area contributed by atoms with E-state index < -0.39 is 10.0 Å². The van der Waals surface area contributed by atoms with E-state index in [0.29, 0.717) is 48.5 Å². The summed E-state index contributed by atoms with van der Waals surface area (Å²) in [5, 5.41) is 14.6. The van der Waals surface area contributed by atoms with Gasteiger partial charge in [0.1, 0.15) is 12.4 Å². The second-order valence-electron chi connectivity index (χ2n) is 9.67. The van der Waals surface area contributed by atoms with Crippen molar-refractivity contribution in [2.75, 3.05) is 27.2 Å². The second kappa shape index (κ2) is 11.6. The van der Waals surface area contributed by atoms with E-state index in [9.17, 15) is 13.2 Å². The summed E-state index contributed by atoms with van der Waals surface area (Å²) in [4.78, 5) is 18.0. The lowest BCUT2D eigenvalue weighted by molar-refractivity contribution is -0.115. The van der Waals surface area contributed by atoms with Gasteiger partial charge in [-0.2, -0.15) is 5.10 Å². The van der Waals surface area contributed by atoms with Crippen molar-refractivity contribution >= 4 is 54.8 Å². The quantitative estimate of drug-likeness (QED) is 0.211. The number of aromatic nitrogens is 3. The van der Waals surface area contributed by atoms with Crippen molar-refractivity contribution in [2.45, 2.75) is 26.0 Å². The lowest BCUT2D eigenvalue weighted by Gasteiger charge is -2.16. The number of ether oxygens (including phenoxy) is 1. The molecule has 0 aliphatic carbocycles. The number of H-pyrrole nitrogens is 1. The van der Waals surface area contributed by atoms with Crippen LogP contribution in [0.1, 0.15) is 22.4 Å². The Bertz CT molecular complexity index is 1770. The fourth-order valence-corrected chi connectivity index (χ4v) is 6.97. The van der Waals surface area contributed by atoms with E-state index in [0.717, 1.165) is 26.9 Å². The number of nitrogens with zero attached hydrogens (tertiary/aromatic N) is 3. The van der Waals surface area contributed by atoms with E-state index >= 15 is 0 Å². The van der Waals surface area contributed by atoms with Crippen LogP contribution in [0.3, 0.4) is 0 Å². The van der Waals surface area contributed by atoms with Crippen LogP contribution in [0.4, 0.5) is 16.6 Å². The minimum Gasteiger partial charge on any atom is -0.489 e. The Balaban J connectivity index is 1.02. The highest BCUT2D eigenvalue weighted by molar-refractivity contribution is 7.93. The van der Waals surface area contributed by atoms with Gasteiger partial charge >= 0.3 is 0 Å². The van der Waals surface area contributed by atoms with Crippen LogP contribution in [-0.4, -0.2) is 41.8 Å². The van der Waals surface area contributed by atoms with Gasteiger partial charge in [0.2, 0.25) is 15.9 Å². The summed E-state index contributed by atoms with van der Waals surface area (Å²) in [5.41, 5.74) is 3.48. The van der Waals surface area contributed by atoms with Crippen molar-refractivity contribution in [3.63, 3.8) is 0 Å². The molecule has 6 rings (SSSR count). The van der Waals surface area contributed by atoms with E-state index in [-0.39, 0.29) is 18.1 Å². The number of nitrogens with one attached hydrogen (secondary N) is 3. The SMILES string of the molecule is O=C(Cc1cnc(NCc2ccc(OCc3ccccc3)cc2)s1)Nc1n[nH]c2ccc(N3CCCS3(=O)=O)cc12. The number of rotatable bonds is 10. The number of hydrogen-bond donors (Lipinski definition) is 3. The zero-order valence-electron chi connectivity index (χ0n) is 22.0. The molecule has 0 bridgehead atoms. The summed E-state index contributed by atoms with van der Waals surface area (Å²) in [5.74, 6) is 1.07. The van der Waals surface area contributed by atoms with Crippen LogP contribution in [0.25, 0.3) is 10.9 Å². The number of hydrogen-bond acceptors (Lipinski definition) is 8. The Morgan fingerprint density at radius 1 is 1.05 bits per heavy atom. The summed E-state index contributed by atoms with van der Waals surface area (Å²) in [7, 11) is -3.30. The number of amides is 1. The predicted molar refractivity (Wildman–Crippen MR) is 161 cm³/mol. The van der Waals surface area contributed by atoms with Gasteiger partial charge in [-0.3, -0.25) is 14.2 Å². The van der Waals surface area contributed by atoms with Crippen molar-refractivity contribution in [3.8, 4) is 5.75 Å². The third-order valence-electron chi connectivity index (χ3n) is 6.70. The first-order valence-electron chi connectivity index (χ1n) is 13.2. The van der Waals surface area contributed by atoms with Crippen LogP contribution < -0.4 is 19.7 Å². The van der Waals surface area contributed by atoms with Crippen LogP contribution in [0, 0.1) is 0 Å². The van der Waals surface area contributed by atoms with E-state index in [1.54, 1.807) is 24.4 Å². The number of fused-ring (bicyclic) bond motifs is 1. The molecule has 1 saturated heterocycles. The van der Waals surface area contributed by atoms with E-state index in [1.807, 2.05) is 54.6 Å². The molecule has 41 heavy (non-hydrogen) atoms. The lowest BCUT2D eigenvalue weighted by Crippen LogP contribution is -2.24. The number of carbonyl (C=O) groups is 1. The van der Waals surface area contributed by atoms with Crippen molar-refractivity contribution in [1.29, 1.82) is 0 Å². The van der Waals surface area contributed by atoms with E-state index in [2.05, 4.69) is 25.8 Å². The number of thiazole rings is 1. The van der Waals surface area contributed by atoms with Crippen LogP contribution in [0.5, 0.6) is 5.75 Å². The van der Waals surface area contributed by atoms with Crippen LogP contribution in [-0.2, 0) is 34.4 Å². The molecule has 3 heterocycles. The number of anilines is 3. The van der Waals surface area contributed by atoms with Gasteiger partial charge in [0, 0.05) is 29.5 Å². The highest BCUT2D eigenvalue weighted by Gasteiger charge is 2.28. The molecule has 0 radical (unpaired) electrons. The highest BCUT2D eigenvalue weighted by atomic mass is 32.2. The third kappa shape index (κ3) is 6.34. The summed E-state index contributed by atoms with van der Waals surface area (Å²) >= 11 is 1.42.